The lowest BCUT2D eigenvalue weighted by Gasteiger charge is -2.25. The maximum absolute atomic E-state index is 12.8. The first-order chi connectivity index (χ1) is 11.9. The Labute approximate surface area is 146 Å². The third kappa shape index (κ3) is 3.29. The minimum atomic E-state index is -0.846. The van der Waals surface area contributed by atoms with Gasteiger partial charge in [0.15, 0.2) is 6.10 Å². The number of hydrogen-bond donors (Lipinski definition) is 0. The molecule has 25 heavy (non-hydrogen) atoms. The average molecular weight is 342 g/mol. The number of aromatic nitrogens is 1. The Morgan fingerprint density at radius 2 is 2.08 bits per heavy atom. The highest BCUT2D eigenvalue weighted by molar-refractivity contribution is 5.99. The fourth-order valence-corrected chi connectivity index (χ4v) is 3.29. The van der Waals surface area contributed by atoms with Crippen molar-refractivity contribution in [2.45, 2.75) is 52.7 Å². The van der Waals surface area contributed by atoms with Crippen molar-refractivity contribution in [2.24, 2.45) is 0 Å². The van der Waals surface area contributed by atoms with Gasteiger partial charge in [0, 0.05) is 17.3 Å². The molecule has 1 aliphatic rings. The zero-order chi connectivity index (χ0) is 18.1. The molecule has 2 aromatic rings. The van der Waals surface area contributed by atoms with E-state index in [9.17, 15) is 9.59 Å². The second-order valence-corrected chi connectivity index (χ2v) is 6.50. The first kappa shape index (κ1) is 17.2. The van der Waals surface area contributed by atoms with Gasteiger partial charge in [-0.15, -0.1) is 0 Å². The number of aryl methyl sites for hydroxylation is 2. The summed E-state index contributed by atoms with van der Waals surface area (Å²) in [5.74, 6) is -0.0736. The first-order valence-electron chi connectivity index (χ1n) is 8.40. The van der Waals surface area contributed by atoms with E-state index in [2.05, 4.69) is 5.16 Å². The monoisotopic (exact) mass is 342 g/mol. The van der Waals surface area contributed by atoms with Gasteiger partial charge < -0.3 is 14.2 Å². The van der Waals surface area contributed by atoms with Crippen molar-refractivity contribution in [3.8, 4) is 0 Å². The quantitative estimate of drug-likeness (QED) is 0.799. The van der Waals surface area contributed by atoms with Crippen molar-refractivity contribution >= 4 is 17.6 Å². The average Bonchev–Trinajstić information content (AvgIpc) is 3.07. The molecule has 0 saturated carbocycles. The lowest BCUT2D eigenvalue weighted by Crippen LogP contribution is -2.43. The number of esters is 1. The summed E-state index contributed by atoms with van der Waals surface area (Å²) < 4.78 is 10.4. The van der Waals surface area contributed by atoms with Gasteiger partial charge >= 0.3 is 5.97 Å². The van der Waals surface area contributed by atoms with Crippen LogP contribution < -0.4 is 4.90 Å². The molecule has 132 valence electrons. The summed E-state index contributed by atoms with van der Waals surface area (Å²) in [6.45, 7) is 7.13. The number of hydrogen-bond acceptors (Lipinski definition) is 5. The summed E-state index contributed by atoms with van der Waals surface area (Å²) >= 11 is 0. The number of para-hydroxylation sites is 1. The third-order valence-corrected chi connectivity index (χ3v) is 4.60. The lowest BCUT2D eigenvalue weighted by atomic mass is 10.1. The molecule has 1 aliphatic heterocycles. The minimum Gasteiger partial charge on any atom is -0.452 e. The van der Waals surface area contributed by atoms with E-state index in [0.29, 0.717) is 17.0 Å². The molecule has 2 unspecified atom stereocenters. The van der Waals surface area contributed by atoms with Crippen LogP contribution in [0.1, 0.15) is 36.4 Å². The van der Waals surface area contributed by atoms with Gasteiger partial charge in [-0.2, -0.15) is 0 Å². The molecule has 0 spiro atoms. The summed E-state index contributed by atoms with van der Waals surface area (Å²) in [7, 11) is 0. The fraction of sp³-hybridized carbons (Fsp3) is 0.421. The highest BCUT2D eigenvalue weighted by Crippen LogP contribution is 2.32. The molecule has 0 radical (unpaired) electrons. The number of fused-ring (bicyclic) bond motifs is 1. The van der Waals surface area contributed by atoms with Crippen LogP contribution in [0.4, 0.5) is 5.69 Å². The molecule has 0 aliphatic carbocycles. The predicted molar refractivity (Wildman–Crippen MR) is 92.3 cm³/mol. The van der Waals surface area contributed by atoms with Crippen LogP contribution in [0.25, 0.3) is 0 Å². The van der Waals surface area contributed by atoms with Crippen molar-refractivity contribution in [1.29, 1.82) is 0 Å². The SMILES string of the molecule is Cc1noc(C)c1CC(=O)OC(C)C(=O)N1c2ccccc2CC1C. The van der Waals surface area contributed by atoms with Crippen molar-refractivity contribution in [3.05, 3.63) is 46.8 Å². The summed E-state index contributed by atoms with van der Waals surface area (Å²) in [6, 6.07) is 7.87. The van der Waals surface area contributed by atoms with Crippen molar-refractivity contribution in [3.63, 3.8) is 0 Å². The van der Waals surface area contributed by atoms with Crippen LogP contribution in [0.15, 0.2) is 28.8 Å². The standard InChI is InChI=1S/C19H22N2O4/c1-11-9-15-7-5-6-8-17(15)21(11)19(23)14(4)24-18(22)10-16-12(2)20-25-13(16)3/h5-8,11,14H,9-10H2,1-4H3. The zero-order valence-electron chi connectivity index (χ0n) is 14.9. The lowest BCUT2D eigenvalue weighted by molar-refractivity contribution is -0.153. The Morgan fingerprint density at radius 1 is 1.36 bits per heavy atom. The van der Waals surface area contributed by atoms with Gasteiger partial charge in [-0.1, -0.05) is 23.4 Å². The number of amides is 1. The summed E-state index contributed by atoms with van der Waals surface area (Å²) in [4.78, 5) is 26.7. The van der Waals surface area contributed by atoms with Crippen LogP contribution in [-0.2, 0) is 27.2 Å². The molecular formula is C19H22N2O4. The van der Waals surface area contributed by atoms with Crippen LogP contribution >= 0.6 is 0 Å². The van der Waals surface area contributed by atoms with Gasteiger partial charge in [-0.25, -0.2) is 0 Å². The van der Waals surface area contributed by atoms with E-state index in [1.807, 2.05) is 31.2 Å². The number of nitrogens with zero attached hydrogens (tertiary/aromatic N) is 2. The van der Waals surface area contributed by atoms with E-state index in [-0.39, 0.29) is 18.4 Å². The van der Waals surface area contributed by atoms with E-state index in [1.54, 1.807) is 25.7 Å². The van der Waals surface area contributed by atoms with Crippen LogP contribution in [0.3, 0.4) is 0 Å². The molecular weight excluding hydrogens is 320 g/mol. The van der Waals surface area contributed by atoms with Crippen LogP contribution in [0.5, 0.6) is 0 Å². The minimum absolute atomic E-state index is 0.0466. The number of carbonyl (C=O) groups is 2. The third-order valence-electron chi connectivity index (χ3n) is 4.60. The predicted octanol–water partition coefficient (Wildman–Crippen LogP) is 2.74. The van der Waals surface area contributed by atoms with E-state index in [0.717, 1.165) is 17.7 Å². The van der Waals surface area contributed by atoms with E-state index >= 15 is 0 Å². The number of ether oxygens (including phenoxy) is 1. The Hall–Kier alpha value is -2.63. The molecule has 1 aromatic heterocycles. The summed E-state index contributed by atoms with van der Waals surface area (Å²) in [5, 5.41) is 3.82. The number of carbonyl (C=O) groups excluding carboxylic acids is 2. The molecule has 2 heterocycles. The molecule has 0 N–H and O–H groups in total. The molecule has 1 aromatic carbocycles. The second-order valence-electron chi connectivity index (χ2n) is 6.50. The van der Waals surface area contributed by atoms with Crippen LogP contribution in [0.2, 0.25) is 0 Å². The van der Waals surface area contributed by atoms with Crippen molar-refractivity contribution in [2.75, 3.05) is 4.90 Å². The van der Waals surface area contributed by atoms with Crippen LogP contribution in [-0.4, -0.2) is 29.2 Å². The van der Waals surface area contributed by atoms with Gasteiger partial charge in [0.05, 0.1) is 12.1 Å². The van der Waals surface area contributed by atoms with Gasteiger partial charge in [0.1, 0.15) is 5.76 Å². The highest BCUT2D eigenvalue weighted by atomic mass is 16.5. The smallest absolute Gasteiger partial charge is 0.311 e. The van der Waals surface area contributed by atoms with E-state index in [1.165, 1.54) is 0 Å². The van der Waals surface area contributed by atoms with Gasteiger partial charge in [-0.05, 0) is 45.7 Å². The van der Waals surface area contributed by atoms with Gasteiger partial charge in [0.25, 0.3) is 5.91 Å². The summed E-state index contributed by atoms with van der Waals surface area (Å²) in [5.41, 5.74) is 3.41. The Bertz CT molecular complexity index is 792. The molecule has 3 rings (SSSR count). The number of benzene rings is 1. The van der Waals surface area contributed by atoms with E-state index < -0.39 is 12.1 Å². The van der Waals surface area contributed by atoms with Crippen molar-refractivity contribution < 1.29 is 18.8 Å². The zero-order valence-corrected chi connectivity index (χ0v) is 14.9. The van der Waals surface area contributed by atoms with Crippen molar-refractivity contribution in [1.82, 2.24) is 5.16 Å². The fourth-order valence-electron chi connectivity index (χ4n) is 3.29. The Morgan fingerprint density at radius 3 is 2.76 bits per heavy atom. The maximum atomic E-state index is 12.8. The second kappa shape index (κ2) is 6.70. The van der Waals surface area contributed by atoms with Gasteiger partial charge in [-0.3, -0.25) is 9.59 Å². The Balaban J connectivity index is 1.68. The molecule has 0 fully saturated rings. The van der Waals surface area contributed by atoms with Gasteiger partial charge in [0.2, 0.25) is 0 Å². The molecule has 6 heteroatoms. The van der Waals surface area contributed by atoms with Crippen LogP contribution in [0, 0.1) is 13.8 Å². The normalized spacial score (nSPS) is 17.3. The number of rotatable bonds is 4. The van der Waals surface area contributed by atoms with E-state index in [4.69, 9.17) is 9.26 Å². The number of anilines is 1. The molecule has 0 bridgehead atoms. The molecule has 6 nitrogen and oxygen atoms in total. The first-order valence-corrected chi connectivity index (χ1v) is 8.40. The largest absolute Gasteiger partial charge is 0.452 e. The molecule has 2 atom stereocenters. The maximum Gasteiger partial charge on any atom is 0.311 e. The summed E-state index contributed by atoms with van der Waals surface area (Å²) in [6.07, 6.45) is 0.00799. The molecule has 0 saturated heterocycles. The topological polar surface area (TPSA) is 72.6 Å². The Kier molecular flexibility index (Phi) is 4.61. The highest BCUT2D eigenvalue weighted by Gasteiger charge is 2.34. The molecule has 1 amide bonds.